The number of hydrogen-bond donors (Lipinski definition) is 0. The second-order valence-corrected chi connectivity index (χ2v) is 4.13. The van der Waals surface area contributed by atoms with Crippen molar-refractivity contribution in [3.63, 3.8) is 0 Å². The molecule has 0 aromatic carbocycles. The van der Waals surface area contributed by atoms with Gasteiger partial charge in [0.05, 0.1) is 19.6 Å². The maximum Gasteiger partial charge on any atom is 0.311 e. The zero-order valence-electron chi connectivity index (χ0n) is 9.87. The van der Waals surface area contributed by atoms with Crippen LogP contribution in [0.3, 0.4) is 0 Å². The molecule has 2 atom stereocenters. The van der Waals surface area contributed by atoms with E-state index in [2.05, 4.69) is 20.8 Å². The van der Waals surface area contributed by atoms with Crippen LogP contribution in [0.25, 0.3) is 0 Å². The molecule has 84 valence electrons. The molecule has 0 rings (SSSR count). The molecule has 0 fully saturated rings. The minimum atomic E-state index is -0.167. The highest BCUT2D eigenvalue weighted by atomic mass is 16.5. The van der Waals surface area contributed by atoms with Gasteiger partial charge >= 0.3 is 5.97 Å². The van der Waals surface area contributed by atoms with E-state index in [1.165, 1.54) is 7.11 Å². The number of rotatable bonds is 6. The van der Waals surface area contributed by atoms with Crippen LogP contribution in [0.4, 0.5) is 0 Å². The van der Waals surface area contributed by atoms with Gasteiger partial charge in [0, 0.05) is 7.11 Å². The van der Waals surface area contributed by atoms with Gasteiger partial charge in [-0.3, -0.25) is 4.79 Å². The van der Waals surface area contributed by atoms with Gasteiger partial charge in [-0.2, -0.15) is 0 Å². The largest absolute Gasteiger partial charge is 0.469 e. The van der Waals surface area contributed by atoms with Crippen LogP contribution in [0.5, 0.6) is 0 Å². The van der Waals surface area contributed by atoms with Gasteiger partial charge in [0.1, 0.15) is 0 Å². The van der Waals surface area contributed by atoms with Gasteiger partial charge in [0.25, 0.3) is 0 Å². The Morgan fingerprint density at radius 2 is 1.79 bits per heavy atom. The number of carbonyl (C=O) groups is 1. The Kier molecular flexibility index (Phi) is 6.54. The molecule has 0 aliphatic carbocycles. The van der Waals surface area contributed by atoms with Crippen LogP contribution in [0.2, 0.25) is 0 Å². The standard InChI is InChI=1S/C11H22O3/c1-8(2)9(3)6-10(7-13-4)11(12)14-5/h8-10H,6-7H2,1-5H3. The maximum atomic E-state index is 11.4. The zero-order valence-corrected chi connectivity index (χ0v) is 9.87. The normalized spacial score (nSPS) is 15.3. The summed E-state index contributed by atoms with van der Waals surface area (Å²) in [7, 11) is 3.03. The quantitative estimate of drug-likeness (QED) is 0.619. The van der Waals surface area contributed by atoms with Crippen molar-refractivity contribution in [3.8, 4) is 0 Å². The lowest BCUT2D eigenvalue weighted by atomic mass is 9.88. The molecule has 0 saturated heterocycles. The van der Waals surface area contributed by atoms with Crippen LogP contribution in [-0.4, -0.2) is 26.8 Å². The van der Waals surface area contributed by atoms with Crippen molar-refractivity contribution in [2.24, 2.45) is 17.8 Å². The first-order valence-corrected chi connectivity index (χ1v) is 5.09. The predicted molar refractivity (Wildman–Crippen MR) is 56.0 cm³/mol. The SMILES string of the molecule is COCC(CC(C)C(C)C)C(=O)OC. The van der Waals surface area contributed by atoms with Crippen LogP contribution in [0.15, 0.2) is 0 Å². The molecule has 3 nitrogen and oxygen atoms in total. The van der Waals surface area contributed by atoms with E-state index in [1.807, 2.05) is 0 Å². The average molecular weight is 202 g/mol. The summed E-state index contributed by atoms with van der Waals surface area (Å²) in [6.07, 6.45) is 0.832. The molecular formula is C11H22O3. The summed E-state index contributed by atoms with van der Waals surface area (Å²) in [4.78, 5) is 11.4. The number of hydrogen-bond acceptors (Lipinski definition) is 3. The van der Waals surface area contributed by atoms with Gasteiger partial charge in [-0.25, -0.2) is 0 Å². The molecule has 0 aliphatic heterocycles. The predicted octanol–water partition coefficient (Wildman–Crippen LogP) is 2.10. The van der Waals surface area contributed by atoms with Crippen molar-refractivity contribution in [2.75, 3.05) is 20.8 Å². The first kappa shape index (κ1) is 13.4. The van der Waals surface area contributed by atoms with E-state index >= 15 is 0 Å². The Balaban J connectivity index is 4.15. The van der Waals surface area contributed by atoms with E-state index in [9.17, 15) is 4.79 Å². The van der Waals surface area contributed by atoms with Crippen LogP contribution in [0.1, 0.15) is 27.2 Å². The fraction of sp³-hybridized carbons (Fsp3) is 0.909. The highest BCUT2D eigenvalue weighted by Gasteiger charge is 2.22. The summed E-state index contributed by atoms with van der Waals surface area (Å²) in [5.74, 6) is 0.801. The van der Waals surface area contributed by atoms with Crippen LogP contribution in [-0.2, 0) is 14.3 Å². The molecule has 0 N–H and O–H groups in total. The van der Waals surface area contributed by atoms with E-state index in [4.69, 9.17) is 9.47 Å². The third-order valence-corrected chi connectivity index (χ3v) is 2.70. The van der Waals surface area contributed by atoms with Crippen molar-refractivity contribution in [1.29, 1.82) is 0 Å². The smallest absolute Gasteiger partial charge is 0.311 e. The Hall–Kier alpha value is -0.570. The van der Waals surface area contributed by atoms with Crippen molar-refractivity contribution in [3.05, 3.63) is 0 Å². The first-order valence-electron chi connectivity index (χ1n) is 5.09. The van der Waals surface area contributed by atoms with E-state index in [0.29, 0.717) is 18.4 Å². The van der Waals surface area contributed by atoms with Crippen molar-refractivity contribution in [2.45, 2.75) is 27.2 Å². The topological polar surface area (TPSA) is 35.5 Å². The van der Waals surface area contributed by atoms with Crippen molar-refractivity contribution < 1.29 is 14.3 Å². The molecule has 0 saturated carbocycles. The lowest BCUT2D eigenvalue weighted by Crippen LogP contribution is -2.24. The summed E-state index contributed by atoms with van der Waals surface area (Å²) in [5, 5.41) is 0. The third-order valence-electron chi connectivity index (χ3n) is 2.70. The molecule has 14 heavy (non-hydrogen) atoms. The number of methoxy groups -OCH3 is 2. The summed E-state index contributed by atoms with van der Waals surface area (Å²) < 4.78 is 9.73. The molecular weight excluding hydrogens is 180 g/mol. The molecule has 0 amide bonds. The molecule has 0 aliphatic rings. The fourth-order valence-corrected chi connectivity index (χ4v) is 1.32. The lowest BCUT2D eigenvalue weighted by molar-refractivity contribution is -0.148. The minimum absolute atomic E-state index is 0.123. The fourth-order valence-electron chi connectivity index (χ4n) is 1.32. The second-order valence-electron chi connectivity index (χ2n) is 4.13. The van der Waals surface area contributed by atoms with Gasteiger partial charge in [0.2, 0.25) is 0 Å². The molecule has 0 aromatic heterocycles. The molecule has 2 unspecified atom stereocenters. The Morgan fingerprint density at radius 3 is 2.14 bits per heavy atom. The number of ether oxygens (including phenoxy) is 2. The monoisotopic (exact) mass is 202 g/mol. The Labute approximate surface area is 86.8 Å². The molecule has 3 heteroatoms. The van der Waals surface area contributed by atoms with E-state index in [1.54, 1.807) is 7.11 Å². The van der Waals surface area contributed by atoms with Gasteiger partial charge in [0.15, 0.2) is 0 Å². The average Bonchev–Trinajstić information content (AvgIpc) is 2.15. The minimum Gasteiger partial charge on any atom is -0.469 e. The molecule has 0 radical (unpaired) electrons. The Morgan fingerprint density at radius 1 is 1.21 bits per heavy atom. The second kappa shape index (κ2) is 6.82. The van der Waals surface area contributed by atoms with E-state index < -0.39 is 0 Å². The van der Waals surface area contributed by atoms with Crippen LogP contribution >= 0.6 is 0 Å². The molecule has 0 bridgehead atoms. The van der Waals surface area contributed by atoms with Crippen molar-refractivity contribution >= 4 is 5.97 Å². The molecule has 0 spiro atoms. The zero-order chi connectivity index (χ0) is 11.1. The number of carbonyl (C=O) groups excluding carboxylic acids is 1. The highest BCUT2D eigenvalue weighted by molar-refractivity contribution is 5.72. The highest BCUT2D eigenvalue weighted by Crippen LogP contribution is 2.20. The summed E-state index contributed by atoms with van der Waals surface area (Å²) in [6, 6.07) is 0. The van der Waals surface area contributed by atoms with Gasteiger partial charge in [-0.15, -0.1) is 0 Å². The van der Waals surface area contributed by atoms with Gasteiger partial charge in [-0.05, 0) is 18.3 Å². The lowest BCUT2D eigenvalue weighted by Gasteiger charge is -2.20. The summed E-state index contributed by atoms with van der Waals surface area (Å²) >= 11 is 0. The molecule has 0 heterocycles. The number of esters is 1. The summed E-state index contributed by atoms with van der Waals surface area (Å²) in [6.45, 7) is 6.91. The van der Waals surface area contributed by atoms with Crippen LogP contribution in [0, 0.1) is 17.8 Å². The van der Waals surface area contributed by atoms with Gasteiger partial charge in [-0.1, -0.05) is 20.8 Å². The first-order chi connectivity index (χ1) is 6.52. The summed E-state index contributed by atoms with van der Waals surface area (Å²) in [5.41, 5.74) is 0. The maximum absolute atomic E-state index is 11.4. The van der Waals surface area contributed by atoms with Crippen LogP contribution < -0.4 is 0 Å². The van der Waals surface area contributed by atoms with Crippen molar-refractivity contribution in [1.82, 2.24) is 0 Å². The third kappa shape index (κ3) is 4.61. The van der Waals surface area contributed by atoms with Gasteiger partial charge < -0.3 is 9.47 Å². The van der Waals surface area contributed by atoms with E-state index in [-0.39, 0.29) is 11.9 Å². The Bertz CT molecular complexity index is 166. The van der Waals surface area contributed by atoms with E-state index in [0.717, 1.165) is 6.42 Å². The molecule has 0 aromatic rings.